The minimum absolute atomic E-state index is 0.0325. The van der Waals surface area contributed by atoms with Crippen molar-refractivity contribution in [2.45, 2.75) is 6.92 Å². The molecule has 2 aromatic carbocycles. The molecule has 0 aliphatic carbocycles. The van der Waals surface area contributed by atoms with Crippen molar-refractivity contribution in [1.29, 1.82) is 0 Å². The molecule has 0 bridgehead atoms. The molecular formula is C22H17N3O4S. The second-order valence-corrected chi connectivity index (χ2v) is 7.11. The second kappa shape index (κ2) is 7.57. The van der Waals surface area contributed by atoms with E-state index in [9.17, 15) is 14.7 Å². The molecule has 4 rings (SSSR count). The van der Waals surface area contributed by atoms with Gasteiger partial charge in [0.2, 0.25) is 0 Å². The van der Waals surface area contributed by atoms with E-state index in [1.54, 1.807) is 35.9 Å². The molecule has 2 heterocycles. The molecule has 2 aromatic heterocycles. The fourth-order valence-electron chi connectivity index (χ4n) is 3.31. The number of nitrogens with one attached hydrogen (secondary N) is 1. The minimum Gasteiger partial charge on any atom is -0.497 e. The largest absolute Gasteiger partial charge is 0.497 e. The minimum atomic E-state index is -1.23. The molecule has 0 unspecified atom stereocenters. The summed E-state index contributed by atoms with van der Waals surface area (Å²) in [5.41, 5.74) is 2.19. The zero-order valence-electron chi connectivity index (χ0n) is 16.2. The standard InChI is InChI=1S/C22H17N3O4S/c1-12-4-3-5-14(10-12)25-19-18(20(26)24-22(25)30)16(21(27)28)11-17(23-19)13-6-8-15(29-2)9-7-13/h3-11H,1-2H3,(H,27,28)(H,24,26,30). The van der Waals surface area contributed by atoms with Crippen LogP contribution in [0.1, 0.15) is 15.9 Å². The van der Waals surface area contributed by atoms with E-state index < -0.39 is 11.5 Å². The summed E-state index contributed by atoms with van der Waals surface area (Å²) in [4.78, 5) is 31.9. The quantitative estimate of drug-likeness (QED) is 0.483. The highest BCUT2D eigenvalue weighted by atomic mass is 32.1. The molecule has 2 N–H and O–H groups in total. The molecule has 4 aromatic rings. The van der Waals surface area contributed by atoms with Crippen LogP contribution in [0, 0.1) is 11.7 Å². The van der Waals surface area contributed by atoms with Crippen molar-refractivity contribution in [2.75, 3.05) is 7.11 Å². The number of carboxylic acid groups (broad SMARTS) is 1. The monoisotopic (exact) mass is 419 g/mol. The number of fused-ring (bicyclic) bond motifs is 1. The lowest BCUT2D eigenvalue weighted by Crippen LogP contribution is -2.18. The first kappa shape index (κ1) is 19.5. The van der Waals surface area contributed by atoms with Gasteiger partial charge >= 0.3 is 5.97 Å². The maximum atomic E-state index is 12.7. The van der Waals surface area contributed by atoms with Crippen LogP contribution in [-0.2, 0) is 0 Å². The third-order valence-corrected chi connectivity index (χ3v) is 5.02. The molecule has 30 heavy (non-hydrogen) atoms. The Labute approximate surface area is 176 Å². The van der Waals surface area contributed by atoms with Gasteiger partial charge < -0.3 is 9.84 Å². The Morgan fingerprint density at radius 1 is 1.17 bits per heavy atom. The average molecular weight is 419 g/mol. The van der Waals surface area contributed by atoms with E-state index >= 15 is 0 Å². The Morgan fingerprint density at radius 3 is 2.53 bits per heavy atom. The maximum Gasteiger partial charge on any atom is 0.336 e. The number of methoxy groups -OCH3 is 1. The van der Waals surface area contributed by atoms with Crippen molar-refractivity contribution in [3.63, 3.8) is 0 Å². The molecule has 0 radical (unpaired) electrons. The second-order valence-electron chi connectivity index (χ2n) is 6.72. The number of carboxylic acids is 1. The fraction of sp³-hybridized carbons (Fsp3) is 0.0909. The summed E-state index contributed by atoms with van der Waals surface area (Å²) >= 11 is 5.40. The van der Waals surface area contributed by atoms with E-state index in [4.69, 9.17) is 17.0 Å². The first-order chi connectivity index (χ1) is 14.4. The number of aryl methyl sites for hydroxylation is 1. The van der Waals surface area contributed by atoms with Gasteiger partial charge in [0.1, 0.15) is 5.75 Å². The zero-order chi connectivity index (χ0) is 21.4. The van der Waals surface area contributed by atoms with Crippen LogP contribution >= 0.6 is 12.2 Å². The predicted molar refractivity (Wildman–Crippen MR) is 116 cm³/mol. The molecule has 8 heteroatoms. The molecule has 0 aliphatic rings. The van der Waals surface area contributed by atoms with Gasteiger partial charge in [-0.05, 0) is 67.2 Å². The number of hydrogen-bond acceptors (Lipinski definition) is 5. The Hall–Kier alpha value is -3.78. The average Bonchev–Trinajstić information content (AvgIpc) is 2.73. The van der Waals surface area contributed by atoms with Crippen LogP contribution < -0.4 is 10.3 Å². The van der Waals surface area contributed by atoms with E-state index in [-0.39, 0.29) is 21.4 Å². The van der Waals surface area contributed by atoms with Gasteiger partial charge in [0, 0.05) is 5.56 Å². The number of H-pyrrole nitrogens is 1. The van der Waals surface area contributed by atoms with Crippen LogP contribution in [0.2, 0.25) is 0 Å². The van der Waals surface area contributed by atoms with Crippen LogP contribution in [0.4, 0.5) is 0 Å². The molecule has 0 fully saturated rings. The van der Waals surface area contributed by atoms with Gasteiger partial charge in [-0.25, -0.2) is 9.78 Å². The molecule has 0 saturated carbocycles. The van der Waals surface area contributed by atoms with Crippen molar-refractivity contribution >= 4 is 29.2 Å². The molecule has 0 spiro atoms. The molecule has 0 amide bonds. The van der Waals surface area contributed by atoms with Gasteiger partial charge in [-0.1, -0.05) is 12.1 Å². The van der Waals surface area contributed by atoms with Gasteiger partial charge in [-0.2, -0.15) is 0 Å². The van der Waals surface area contributed by atoms with Crippen LogP contribution in [0.3, 0.4) is 0 Å². The van der Waals surface area contributed by atoms with Gasteiger partial charge in [0.05, 0.1) is 29.4 Å². The van der Waals surface area contributed by atoms with Crippen LogP contribution in [0.25, 0.3) is 28.0 Å². The molecule has 0 aliphatic heterocycles. The Bertz CT molecular complexity index is 1410. The maximum absolute atomic E-state index is 12.7. The molecule has 7 nitrogen and oxygen atoms in total. The molecule has 0 atom stereocenters. The lowest BCUT2D eigenvalue weighted by atomic mass is 10.1. The number of benzene rings is 2. The first-order valence-corrected chi connectivity index (χ1v) is 9.44. The van der Waals surface area contributed by atoms with E-state index in [0.717, 1.165) is 5.56 Å². The summed E-state index contributed by atoms with van der Waals surface area (Å²) in [6.07, 6.45) is 0. The number of ether oxygens (including phenoxy) is 1. The van der Waals surface area contributed by atoms with Gasteiger partial charge in [-0.3, -0.25) is 14.3 Å². The highest BCUT2D eigenvalue weighted by Gasteiger charge is 2.19. The topological polar surface area (TPSA) is 97.2 Å². The summed E-state index contributed by atoms with van der Waals surface area (Å²) < 4.78 is 6.89. The number of pyridine rings is 1. The van der Waals surface area contributed by atoms with Crippen molar-refractivity contribution in [1.82, 2.24) is 14.5 Å². The zero-order valence-corrected chi connectivity index (χ0v) is 17.0. The lowest BCUT2D eigenvalue weighted by Gasteiger charge is -2.14. The SMILES string of the molecule is COc1ccc(-c2cc(C(=O)O)c3c(=O)[nH]c(=S)n(-c4cccc(C)c4)c3n2)cc1. The number of nitrogens with zero attached hydrogens (tertiary/aromatic N) is 2. The van der Waals surface area contributed by atoms with Crippen molar-refractivity contribution in [3.05, 3.63) is 80.8 Å². The lowest BCUT2D eigenvalue weighted by molar-refractivity contribution is 0.0699. The number of aromatic nitrogens is 3. The van der Waals surface area contributed by atoms with Gasteiger partial charge in [0.15, 0.2) is 10.4 Å². The van der Waals surface area contributed by atoms with Crippen LogP contribution in [0.5, 0.6) is 5.75 Å². The summed E-state index contributed by atoms with van der Waals surface area (Å²) in [7, 11) is 1.56. The Morgan fingerprint density at radius 2 is 1.90 bits per heavy atom. The normalized spacial score (nSPS) is 10.9. The van der Waals surface area contributed by atoms with Crippen molar-refractivity contribution in [3.8, 4) is 22.7 Å². The number of rotatable bonds is 4. The van der Waals surface area contributed by atoms with Gasteiger partial charge in [0.25, 0.3) is 5.56 Å². The molecular weight excluding hydrogens is 402 g/mol. The molecule has 150 valence electrons. The third kappa shape index (κ3) is 3.37. The van der Waals surface area contributed by atoms with E-state index in [0.29, 0.717) is 22.7 Å². The number of aromatic amines is 1. The summed E-state index contributed by atoms with van der Waals surface area (Å²) in [6.45, 7) is 1.93. The Kier molecular flexibility index (Phi) is 4.93. The fourth-order valence-corrected chi connectivity index (χ4v) is 3.60. The van der Waals surface area contributed by atoms with Crippen LogP contribution in [0.15, 0.2) is 59.4 Å². The predicted octanol–water partition coefficient (Wildman–Crippen LogP) is 4.13. The van der Waals surface area contributed by atoms with E-state index in [1.165, 1.54) is 6.07 Å². The number of hydrogen-bond donors (Lipinski definition) is 2. The first-order valence-electron chi connectivity index (χ1n) is 9.04. The summed E-state index contributed by atoms with van der Waals surface area (Å²) in [6, 6.07) is 16.0. The summed E-state index contributed by atoms with van der Waals surface area (Å²) in [5.74, 6) is -0.562. The Balaban J connectivity index is 2.12. The highest BCUT2D eigenvalue weighted by molar-refractivity contribution is 7.71. The van der Waals surface area contributed by atoms with E-state index in [1.807, 2.05) is 31.2 Å². The summed E-state index contributed by atoms with van der Waals surface area (Å²) in [5, 5.41) is 9.77. The third-order valence-electron chi connectivity index (χ3n) is 4.74. The van der Waals surface area contributed by atoms with Crippen molar-refractivity contribution < 1.29 is 14.6 Å². The number of aromatic carboxylic acids is 1. The highest BCUT2D eigenvalue weighted by Crippen LogP contribution is 2.26. The number of carbonyl (C=O) groups is 1. The van der Waals surface area contributed by atoms with Crippen molar-refractivity contribution in [2.24, 2.45) is 0 Å². The van der Waals surface area contributed by atoms with Crippen LogP contribution in [-0.4, -0.2) is 32.7 Å². The smallest absolute Gasteiger partial charge is 0.336 e. The molecule has 0 saturated heterocycles. The van der Waals surface area contributed by atoms with E-state index in [2.05, 4.69) is 9.97 Å². The van der Waals surface area contributed by atoms with Gasteiger partial charge in [-0.15, -0.1) is 0 Å².